The summed E-state index contributed by atoms with van der Waals surface area (Å²) in [7, 11) is 0. The number of nitrogens with zero attached hydrogens (tertiary/aromatic N) is 2. The summed E-state index contributed by atoms with van der Waals surface area (Å²) in [6.45, 7) is 5.24. The molecule has 18 heavy (non-hydrogen) atoms. The Balaban J connectivity index is 2.49. The van der Waals surface area contributed by atoms with Crippen LogP contribution < -0.4 is 0 Å². The second kappa shape index (κ2) is 4.49. The van der Waals surface area contributed by atoms with Gasteiger partial charge in [-0.15, -0.1) is 11.3 Å². The number of aliphatic carboxylic acids is 1. The van der Waals surface area contributed by atoms with E-state index in [-0.39, 0.29) is 0 Å². The molecule has 1 N–H and O–H groups in total. The van der Waals surface area contributed by atoms with Gasteiger partial charge in [-0.05, 0) is 32.9 Å². The molecule has 94 valence electrons. The van der Waals surface area contributed by atoms with Crippen LogP contribution in [0.25, 0.3) is 10.6 Å². The highest BCUT2D eigenvalue weighted by Gasteiger charge is 2.34. The van der Waals surface area contributed by atoms with Crippen LogP contribution >= 0.6 is 11.3 Å². The zero-order chi connectivity index (χ0) is 13.3. The molecular formula is C13H14N2O2S. The molecule has 4 nitrogen and oxygen atoms in total. The third-order valence-corrected chi connectivity index (χ3v) is 3.85. The predicted molar refractivity (Wildman–Crippen MR) is 70.7 cm³/mol. The van der Waals surface area contributed by atoms with Gasteiger partial charge in [-0.3, -0.25) is 9.78 Å². The Morgan fingerprint density at radius 3 is 2.72 bits per heavy atom. The number of aryl methyl sites for hydroxylation is 1. The quantitative estimate of drug-likeness (QED) is 0.923. The number of hydrogen-bond acceptors (Lipinski definition) is 4. The molecule has 2 aromatic rings. The molecule has 5 heteroatoms. The molecule has 0 aliphatic carbocycles. The third-order valence-electron chi connectivity index (χ3n) is 2.83. The van der Waals surface area contributed by atoms with Crippen molar-refractivity contribution in [3.05, 3.63) is 35.1 Å². The van der Waals surface area contributed by atoms with Gasteiger partial charge in [-0.2, -0.15) is 0 Å². The van der Waals surface area contributed by atoms with Crippen LogP contribution in [0.5, 0.6) is 0 Å². The average Bonchev–Trinajstić information content (AvgIpc) is 2.73. The highest BCUT2D eigenvalue weighted by Crippen LogP contribution is 2.33. The Hall–Kier alpha value is -1.75. The summed E-state index contributed by atoms with van der Waals surface area (Å²) in [6.07, 6.45) is 3.43. The molecular weight excluding hydrogens is 248 g/mol. The molecule has 0 aliphatic heterocycles. The lowest BCUT2D eigenvalue weighted by atomic mass is 9.89. The van der Waals surface area contributed by atoms with Crippen LogP contribution in [0.4, 0.5) is 0 Å². The topological polar surface area (TPSA) is 63.1 Å². The minimum absolute atomic E-state index is 0.624. The van der Waals surface area contributed by atoms with Gasteiger partial charge in [-0.25, -0.2) is 4.98 Å². The molecule has 0 atom stereocenters. The second-order valence-corrected chi connectivity index (χ2v) is 5.80. The predicted octanol–water partition coefficient (Wildman–Crippen LogP) is 2.88. The number of pyridine rings is 1. The van der Waals surface area contributed by atoms with Gasteiger partial charge in [0.2, 0.25) is 0 Å². The fourth-order valence-corrected chi connectivity index (χ4v) is 2.75. The van der Waals surface area contributed by atoms with Crippen molar-refractivity contribution >= 4 is 17.3 Å². The van der Waals surface area contributed by atoms with E-state index >= 15 is 0 Å². The van der Waals surface area contributed by atoms with Crippen LogP contribution in [0.15, 0.2) is 24.5 Å². The molecule has 0 radical (unpaired) electrons. The highest BCUT2D eigenvalue weighted by atomic mass is 32.1. The Bertz CT molecular complexity index is 576. The number of hydrogen-bond donors (Lipinski definition) is 1. The maximum absolute atomic E-state index is 11.3. The maximum Gasteiger partial charge on any atom is 0.315 e. The molecule has 2 heterocycles. The van der Waals surface area contributed by atoms with Crippen molar-refractivity contribution in [2.45, 2.75) is 26.2 Å². The highest BCUT2D eigenvalue weighted by molar-refractivity contribution is 7.15. The van der Waals surface area contributed by atoms with Crippen molar-refractivity contribution < 1.29 is 9.90 Å². The first-order valence-electron chi connectivity index (χ1n) is 5.54. The number of rotatable bonds is 3. The molecule has 0 fully saturated rings. The first kappa shape index (κ1) is 12.7. The third kappa shape index (κ3) is 2.13. The first-order valence-corrected chi connectivity index (χ1v) is 6.36. The normalized spacial score (nSPS) is 11.5. The fourth-order valence-electron chi connectivity index (χ4n) is 1.69. The molecule has 2 aromatic heterocycles. The lowest BCUT2D eigenvalue weighted by molar-refractivity contribution is -0.142. The first-order chi connectivity index (χ1) is 8.43. The number of carboxylic acids is 1. The van der Waals surface area contributed by atoms with E-state index in [1.165, 1.54) is 11.3 Å². The number of carboxylic acid groups (broad SMARTS) is 1. The van der Waals surface area contributed by atoms with Crippen LogP contribution in [0, 0.1) is 6.92 Å². The Morgan fingerprint density at radius 1 is 1.44 bits per heavy atom. The smallest absolute Gasteiger partial charge is 0.315 e. The minimum Gasteiger partial charge on any atom is -0.481 e. The molecule has 0 aromatic carbocycles. The molecule has 0 saturated heterocycles. The van der Waals surface area contributed by atoms with Crippen LogP contribution in [0.2, 0.25) is 0 Å². The standard InChI is InChI=1S/C13H14N2O2S/c1-8-10(13(2,3)12(16)17)15-11(18-8)9-5-4-6-14-7-9/h4-7H,1-3H3,(H,16,17). The van der Waals surface area contributed by atoms with Gasteiger partial charge in [-0.1, -0.05) is 0 Å². The summed E-state index contributed by atoms with van der Waals surface area (Å²) in [5, 5.41) is 10.1. The molecule has 0 amide bonds. The van der Waals surface area contributed by atoms with E-state index in [9.17, 15) is 9.90 Å². The van der Waals surface area contributed by atoms with Gasteiger partial charge in [0.25, 0.3) is 0 Å². The summed E-state index contributed by atoms with van der Waals surface area (Å²) in [5.74, 6) is -0.867. The second-order valence-electron chi connectivity index (χ2n) is 4.60. The lowest BCUT2D eigenvalue weighted by Crippen LogP contribution is -2.29. The van der Waals surface area contributed by atoms with Crippen molar-refractivity contribution in [2.75, 3.05) is 0 Å². The van der Waals surface area contributed by atoms with E-state index in [4.69, 9.17) is 0 Å². The van der Waals surface area contributed by atoms with E-state index in [1.807, 2.05) is 19.1 Å². The van der Waals surface area contributed by atoms with E-state index in [0.29, 0.717) is 5.69 Å². The van der Waals surface area contributed by atoms with Crippen LogP contribution in [-0.2, 0) is 10.2 Å². The lowest BCUT2D eigenvalue weighted by Gasteiger charge is -2.17. The SMILES string of the molecule is Cc1sc(-c2cccnc2)nc1C(C)(C)C(=O)O. The monoisotopic (exact) mass is 262 g/mol. The van der Waals surface area contributed by atoms with Crippen LogP contribution in [0.3, 0.4) is 0 Å². The summed E-state index contributed by atoms with van der Waals surface area (Å²) < 4.78 is 0. The number of thiazole rings is 1. The number of aromatic nitrogens is 2. The van der Waals surface area contributed by atoms with E-state index in [1.54, 1.807) is 26.2 Å². The van der Waals surface area contributed by atoms with E-state index < -0.39 is 11.4 Å². The summed E-state index contributed by atoms with van der Waals surface area (Å²) in [4.78, 5) is 20.7. The summed E-state index contributed by atoms with van der Waals surface area (Å²) >= 11 is 1.50. The van der Waals surface area contributed by atoms with Crippen molar-refractivity contribution in [2.24, 2.45) is 0 Å². The van der Waals surface area contributed by atoms with Gasteiger partial charge in [0.15, 0.2) is 0 Å². The van der Waals surface area contributed by atoms with Gasteiger partial charge >= 0.3 is 5.97 Å². The van der Waals surface area contributed by atoms with E-state index in [0.717, 1.165) is 15.4 Å². The van der Waals surface area contributed by atoms with Crippen LogP contribution in [-0.4, -0.2) is 21.0 Å². The Morgan fingerprint density at radius 2 is 2.17 bits per heavy atom. The average molecular weight is 262 g/mol. The molecule has 0 bridgehead atoms. The minimum atomic E-state index is -0.971. The molecule has 0 saturated carbocycles. The largest absolute Gasteiger partial charge is 0.481 e. The summed E-state index contributed by atoms with van der Waals surface area (Å²) in [6, 6.07) is 3.76. The molecule has 0 aliphatic rings. The molecule has 0 spiro atoms. The van der Waals surface area contributed by atoms with Crippen molar-refractivity contribution in [3.8, 4) is 10.6 Å². The Kier molecular flexibility index (Phi) is 3.17. The maximum atomic E-state index is 11.3. The molecule has 2 rings (SSSR count). The molecule has 0 unspecified atom stereocenters. The van der Waals surface area contributed by atoms with Gasteiger partial charge in [0.1, 0.15) is 10.4 Å². The Labute approximate surface area is 109 Å². The van der Waals surface area contributed by atoms with Crippen molar-refractivity contribution in [1.29, 1.82) is 0 Å². The zero-order valence-electron chi connectivity index (χ0n) is 10.5. The van der Waals surface area contributed by atoms with Crippen LogP contribution in [0.1, 0.15) is 24.4 Å². The van der Waals surface area contributed by atoms with Crippen molar-refractivity contribution in [3.63, 3.8) is 0 Å². The van der Waals surface area contributed by atoms with E-state index in [2.05, 4.69) is 9.97 Å². The fraction of sp³-hybridized carbons (Fsp3) is 0.308. The number of carbonyl (C=O) groups is 1. The van der Waals surface area contributed by atoms with Gasteiger partial charge in [0.05, 0.1) is 5.69 Å². The zero-order valence-corrected chi connectivity index (χ0v) is 11.3. The van der Waals surface area contributed by atoms with Crippen molar-refractivity contribution in [1.82, 2.24) is 9.97 Å². The summed E-state index contributed by atoms with van der Waals surface area (Å²) in [5.41, 5.74) is 0.568. The van der Waals surface area contributed by atoms with Gasteiger partial charge < -0.3 is 5.11 Å². The van der Waals surface area contributed by atoms with Gasteiger partial charge in [0, 0.05) is 22.8 Å².